The summed E-state index contributed by atoms with van der Waals surface area (Å²) in [7, 11) is 1.62. The van der Waals surface area contributed by atoms with E-state index in [4.69, 9.17) is 9.84 Å². The molecule has 2 unspecified atom stereocenters. The molecule has 3 rings (SSSR count). The fourth-order valence-corrected chi connectivity index (χ4v) is 4.27. The van der Waals surface area contributed by atoms with E-state index in [-0.39, 0.29) is 6.61 Å². The van der Waals surface area contributed by atoms with E-state index in [0.717, 1.165) is 28.3 Å². The van der Waals surface area contributed by atoms with E-state index in [2.05, 4.69) is 17.4 Å². The molecule has 0 saturated carbocycles. The number of halogens is 1. The molecule has 1 aliphatic rings. The Balaban J connectivity index is 2.09. The molecular formula is C24H30FN3O3. The number of aliphatic hydroxyl groups excluding tert-OH is 1. The molecule has 31 heavy (non-hydrogen) atoms. The van der Waals surface area contributed by atoms with Crippen LogP contribution in [0.25, 0.3) is 0 Å². The highest BCUT2D eigenvalue weighted by atomic mass is 19.1. The molecule has 0 bridgehead atoms. The normalized spacial score (nSPS) is 21.0. The molecule has 2 N–H and O–H groups in total. The van der Waals surface area contributed by atoms with Crippen LogP contribution in [-0.4, -0.2) is 37.7 Å². The second-order valence-electron chi connectivity index (χ2n) is 8.13. The number of aliphatic hydroxyl groups is 1. The maximum atomic E-state index is 14.8. The van der Waals surface area contributed by atoms with Crippen LogP contribution in [0, 0.1) is 4.91 Å². The SMILES string of the molecule is CCN1/C(=C\C(C)(F)N=O)C(C)(Cc2ccc(NCCO)cc2)c2cc(OC)ccc21. The van der Waals surface area contributed by atoms with Gasteiger partial charge in [0.15, 0.2) is 0 Å². The molecule has 6 nitrogen and oxygen atoms in total. The van der Waals surface area contributed by atoms with Gasteiger partial charge in [-0.05, 0) is 79.9 Å². The van der Waals surface area contributed by atoms with E-state index in [9.17, 15) is 9.30 Å². The number of ether oxygens (including phenoxy) is 1. The highest BCUT2D eigenvalue weighted by molar-refractivity contribution is 5.72. The second-order valence-corrected chi connectivity index (χ2v) is 8.13. The van der Waals surface area contributed by atoms with Crippen molar-refractivity contribution in [3.05, 3.63) is 70.3 Å². The molecule has 0 aliphatic carbocycles. The fraction of sp³-hybridized carbons (Fsp3) is 0.417. The number of benzene rings is 2. The third kappa shape index (κ3) is 4.56. The van der Waals surface area contributed by atoms with Crippen LogP contribution in [0.5, 0.6) is 5.75 Å². The summed E-state index contributed by atoms with van der Waals surface area (Å²) in [6, 6.07) is 13.8. The van der Waals surface area contributed by atoms with Crippen molar-refractivity contribution < 1.29 is 14.2 Å². The Morgan fingerprint density at radius 2 is 2.00 bits per heavy atom. The first kappa shape index (κ1) is 22.7. The summed E-state index contributed by atoms with van der Waals surface area (Å²) >= 11 is 0. The zero-order valence-electron chi connectivity index (χ0n) is 18.5. The van der Waals surface area contributed by atoms with Crippen molar-refractivity contribution in [2.45, 2.75) is 38.4 Å². The van der Waals surface area contributed by atoms with Crippen LogP contribution in [-0.2, 0) is 11.8 Å². The lowest BCUT2D eigenvalue weighted by Crippen LogP contribution is -2.32. The molecular weight excluding hydrogens is 397 g/mol. The zero-order chi connectivity index (χ0) is 22.6. The van der Waals surface area contributed by atoms with Gasteiger partial charge in [0.25, 0.3) is 5.79 Å². The third-order valence-corrected chi connectivity index (χ3v) is 5.79. The first-order valence-electron chi connectivity index (χ1n) is 10.4. The molecule has 7 heteroatoms. The van der Waals surface area contributed by atoms with Gasteiger partial charge < -0.3 is 20.1 Å². The number of methoxy groups -OCH3 is 1. The fourth-order valence-electron chi connectivity index (χ4n) is 4.27. The Morgan fingerprint density at radius 3 is 2.58 bits per heavy atom. The van der Waals surface area contributed by atoms with Gasteiger partial charge >= 0.3 is 0 Å². The maximum Gasteiger partial charge on any atom is 0.257 e. The van der Waals surface area contributed by atoms with Crippen LogP contribution in [0.3, 0.4) is 0 Å². The molecule has 2 atom stereocenters. The number of anilines is 2. The molecule has 1 aliphatic heterocycles. The summed E-state index contributed by atoms with van der Waals surface area (Å²) in [5.41, 5.74) is 4.10. The van der Waals surface area contributed by atoms with Gasteiger partial charge in [-0.15, -0.1) is 4.91 Å². The lowest BCUT2D eigenvalue weighted by atomic mass is 9.76. The van der Waals surface area contributed by atoms with Gasteiger partial charge in [0.1, 0.15) is 5.75 Å². The largest absolute Gasteiger partial charge is 0.497 e. The van der Waals surface area contributed by atoms with Crippen LogP contribution in [0.4, 0.5) is 15.8 Å². The average Bonchev–Trinajstić information content (AvgIpc) is 2.99. The Bertz CT molecular complexity index is 959. The Morgan fingerprint density at radius 1 is 1.29 bits per heavy atom. The van der Waals surface area contributed by atoms with Gasteiger partial charge in [-0.3, -0.25) is 0 Å². The van der Waals surface area contributed by atoms with Gasteiger partial charge in [-0.1, -0.05) is 12.1 Å². The summed E-state index contributed by atoms with van der Waals surface area (Å²) in [5.74, 6) is -1.59. The number of hydrogen-bond donors (Lipinski definition) is 2. The van der Waals surface area contributed by atoms with Gasteiger partial charge in [0.2, 0.25) is 0 Å². The predicted molar refractivity (Wildman–Crippen MR) is 122 cm³/mol. The van der Waals surface area contributed by atoms with E-state index in [1.165, 1.54) is 13.0 Å². The molecule has 0 fully saturated rings. The van der Waals surface area contributed by atoms with Crippen molar-refractivity contribution in [3.63, 3.8) is 0 Å². The summed E-state index contributed by atoms with van der Waals surface area (Å²) < 4.78 is 20.2. The quantitative estimate of drug-likeness (QED) is 0.445. The summed E-state index contributed by atoms with van der Waals surface area (Å²) in [5, 5.41) is 14.8. The minimum atomic E-state index is -2.31. The molecule has 0 spiro atoms. The molecule has 0 saturated heterocycles. The summed E-state index contributed by atoms with van der Waals surface area (Å²) in [6.45, 7) is 6.40. The predicted octanol–water partition coefficient (Wildman–Crippen LogP) is 4.78. The monoisotopic (exact) mass is 427 g/mol. The number of rotatable bonds is 9. The topological polar surface area (TPSA) is 74.2 Å². The number of alkyl halides is 1. The number of allylic oxidation sites excluding steroid dienone is 1. The standard InChI is InChI=1S/C24H30FN3O3/c1-5-28-21-11-10-19(31-4)14-20(21)23(2,22(28)16-24(3,25)27-30)15-17-6-8-18(9-7-17)26-12-13-29/h6-11,14,16,26,29H,5,12-13,15H2,1-4H3/b22-16-. The van der Waals surface area contributed by atoms with Crippen molar-refractivity contribution in [2.75, 3.05) is 37.0 Å². The Hall–Kier alpha value is -2.93. The van der Waals surface area contributed by atoms with Gasteiger partial charge in [-0.2, -0.15) is 0 Å². The van der Waals surface area contributed by atoms with Crippen LogP contribution < -0.4 is 15.0 Å². The van der Waals surface area contributed by atoms with Crippen molar-refractivity contribution >= 4 is 11.4 Å². The molecule has 2 aromatic carbocycles. The Labute approximate surface area is 182 Å². The third-order valence-electron chi connectivity index (χ3n) is 5.79. The minimum Gasteiger partial charge on any atom is -0.497 e. The minimum absolute atomic E-state index is 0.0617. The maximum absolute atomic E-state index is 14.8. The molecule has 0 aromatic heterocycles. The van der Waals surface area contributed by atoms with Crippen LogP contribution in [0.15, 0.2) is 59.4 Å². The highest BCUT2D eigenvalue weighted by Crippen LogP contribution is 2.51. The van der Waals surface area contributed by atoms with Crippen LogP contribution >= 0.6 is 0 Å². The van der Waals surface area contributed by atoms with Crippen molar-refractivity contribution in [1.82, 2.24) is 0 Å². The van der Waals surface area contributed by atoms with E-state index >= 15 is 0 Å². The molecule has 2 aromatic rings. The number of likely N-dealkylation sites (N-methyl/N-ethyl adjacent to an activating group) is 1. The molecule has 0 amide bonds. The second kappa shape index (κ2) is 9.06. The summed E-state index contributed by atoms with van der Waals surface area (Å²) in [6.07, 6.45) is 1.94. The smallest absolute Gasteiger partial charge is 0.257 e. The van der Waals surface area contributed by atoms with Crippen molar-refractivity contribution in [2.24, 2.45) is 5.18 Å². The highest BCUT2D eigenvalue weighted by Gasteiger charge is 2.45. The molecule has 166 valence electrons. The lowest BCUT2D eigenvalue weighted by Gasteiger charge is -2.31. The number of nitrogens with one attached hydrogen (secondary N) is 1. The number of nitrogens with zero attached hydrogens (tertiary/aromatic N) is 2. The van der Waals surface area contributed by atoms with E-state index in [1.54, 1.807) is 7.11 Å². The van der Waals surface area contributed by atoms with Gasteiger partial charge in [-0.25, -0.2) is 4.39 Å². The van der Waals surface area contributed by atoms with Crippen molar-refractivity contribution in [1.29, 1.82) is 0 Å². The zero-order valence-corrected chi connectivity index (χ0v) is 18.5. The van der Waals surface area contributed by atoms with E-state index in [1.807, 2.05) is 54.3 Å². The van der Waals surface area contributed by atoms with Gasteiger partial charge in [0.05, 0.1) is 13.7 Å². The first-order chi connectivity index (χ1) is 14.8. The number of hydrogen-bond acceptors (Lipinski definition) is 6. The van der Waals surface area contributed by atoms with Crippen molar-refractivity contribution in [3.8, 4) is 5.75 Å². The van der Waals surface area contributed by atoms with Gasteiger partial charge in [0, 0.05) is 35.6 Å². The van der Waals surface area contributed by atoms with E-state index in [0.29, 0.717) is 25.2 Å². The Kier molecular flexibility index (Phi) is 6.65. The summed E-state index contributed by atoms with van der Waals surface area (Å²) in [4.78, 5) is 13.2. The van der Waals surface area contributed by atoms with Crippen LogP contribution in [0.1, 0.15) is 31.9 Å². The molecule has 1 heterocycles. The van der Waals surface area contributed by atoms with E-state index < -0.39 is 11.2 Å². The number of fused-ring (bicyclic) bond motifs is 1. The molecule has 0 radical (unpaired) electrons. The average molecular weight is 428 g/mol. The van der Waals surface area contributed by atoms with Crippen LogP contribution in [0.2, 0.25) is 0 Å². The first-order valence-corrected chi connectivity index (χ1v) is 10.4. The number of nitroso groups, excluding NO2 is 1. The lowest BCUT2D eigenvalue weighted by molar-refractivity contribution is 0.265.